The number of likely N-dealkylation sites (tertiary alicyclic amines) is 2. The Balaban J connectivity index is 0.757. The molecule has 0 spiro atoms. The van der Waals surface area contributed by atoms with E-state index in [9.17, 15) is 19.5 Å². The average Bonchev–Trinajstić information content (AvgIpc) is 4.21. The average molecular weight is 994 g/mol. The maximum Gasteiger partial charge on any atom is 0.254 e. The van der Waals surface area contributed by atoms with Gasteiger partial charge in [0.05, 0.1) is 27.9 Å². The fraction of sp³-hybridized carbons (Fsp3) is 0.440. The Morgan fingerprint density at radius 2 is 1.78 bits per heavy atom. The fourth-order valence-corrected chi connectivity index (χ4v) is 11.7. The van der Waals surface area contributed by atoms with Crippen LogP contribution in [0.15, 0.2) is 69.6 Å². The molecule has 0 radical (unpaired) electrons. The van der Waals surface area contributed by atoms with Crippen LogP contribution in [0.3, 0.4) is 0 Å². The van der Waals surface area contributed by atoms with Gasteiger partial charge in [-0.05, 0) is 80.4 Å². The molecule has 2 fully saturated rings. The van der Waals surface area contributed by atoms with Crippen molar-refractivity contribution in [1.82, 2.24) is 45.3 Å². The second kappa shape index (κ2) is 20.7. The summed E-state index contributed by atoms with van der Waals surface area (Å²) in [5.74, 6) is 0.458. The van der Waals surface area contributed by atoms with Gasteiger partial charge in [0.15, 0.2) is 11.6 Å². The summed E-state index contributed by atoms with van der Waals surface area (Å²) in [6, 6.07) is 16.1. The Labute approximate surface area is 414 Å². The van der Waals surface area contributed by atoms with E-state index in [2.05, 4.69) is 54.3 Å². The number of thiophene rings is 1. The van der Waals surface area contributed by atoms with Crippen molar-refractivity contribution < 1.29 is 28.8 Å². The maximum atomic E-state index is 14.2. The topological polar surface area (TPSA) is 193 Å². The number of aliphatic imine (C=N–C) groups is 1. The van der Waals surface area contributed by atoms with E-state index in [1.54, 1.807) is 28.7 Å². The number of amides is 3. The number of thiazole rings is 1. The van der Waals surface area contributed by atoms with Crippen molar-refractivity contribution in [1.29, 1.82) is 0 Å². The first-order valence-corrected chi connectivity index (χ1v) is 25.5. The van der Waals surface area contributed by atoms with E-state index in [-0.39, 0.29) is 67.5 Å². The van der Waals surface area contributed by atoms with Gasteiger partial charge in [-0.2, -0.15) is 0 Å². The summed E-state index contributed by atoms with van der Waals surface area (Å²) in [5.41, 5.74) is 8.80. The molecule has 19 heteroatoms. The molecule has 362 valence electrons. The van der Waals surface area contributed by atoms with Crippen LogP contribution < -0.4 is 15.4 Å². The van der Waals surface area contributed by atoms with Gasteiger partial charge >= 0.3 is 0 Å². The first kappa shape index (κ1) is 48.2. The molecular weight excluding hydrogens is 936 g/mol. The fourth-order valence-electron chi connectivity index (χ4n) is 9.56. The molecule has 0 bridgehead atoms. The Morgan fingerprint density at radius 3 is 2.52 bits per heavy atom. The summed E-state index contributed by atoms with van der Waals surface area (Å²) < 4.78 is 13.8. The number of benzene rings is 2. The number of β-amino-alcohol motifs (C(OH)–C–C–N with tert-alkyl or cyclic N) is 1. The molecular formula is C50H57ClN10O6S2. The number of hydrogen-bond donors (Lipinski definition) is 3. The van der Waals surface area contributed by atoms with E-state index in [1.807, 2.05) is 81.7 Å². The number of aryl methyl sites for hydroxylation is 3. The molecule has 4 aromatic heterocycles. The van der Waals surface area contributed by atoms with E-state index in [0.29, 0.717) is 36.9 Å². The monoisotopic (exact) mass is 992 g/mol. The van der Waals surface area contributed by atoms with E-state index in [4.69, 9.17) is 25.9 Å². The number of aromatic nitrogens is 5. The Hall–Kier alpha value is -5.79. The molecule has 16 nitrogen and oxygen atoms in total. The molecule has 3 aliphatic heterocycles. The molecule has 3 N–H and O–H groups in total. The van der Waals surface area contributed by atoms with Crippen LogP contribution in [0.25, 0.3) is 15.4 Å². The normalized spacial score (nSPS) is 19.6. The predicted molar refractivity (Wildman–Crippen MR) is 265 cm³/mol. The molecule has 7 heterocycles. The number of carbonyl (C=O) groups excluding carboxylic acids is 3. The zero-order chi connectivity index (χ0) is 48.5. The lowest BCUT2D eigenvalue weighted by Crippen LogP contribution is -2.48. The van der Waals surface area contributed by atoms with Gasteiger partial charge in [0.1, 0.15) is 35.4 Å². The number of nitrogens with zero attached hydrogens (tertiary/aromatic N) is 8. The first-order valence-electron chi connectivity index (χ1n) is 23.5. The standard InChI is InChI=1S/C50H57ClN10O6S2/c1-27(2)43(49(65)60-25-37(62)21-39(60)48(64)52-23-32-7-9-34(10-8-32)46-29(4)53-26-68-46)40-22-42(58-67-40)66-20-19-59-18-17-36(24-59)54-41(63)16-15-38-47-57-56-31(6)61(47)50-44(28(3)30(5)69-50)45(55-38)33-11-13-35(51)14-12-33/h7-14,22,26-27,36-39,43,62H,15-21,23-25H2,1-6H3,(H,52,64)(H,54,63)/t36-,37+,38-,39-,43-/m0/s1. The summed E-state index contributed by atoms with van der Waals surface area (Å²) in [5, 5.41) is 31.7. The van der Waals surface area contributed by atoms with Gasteiger partial charge in [0.2, 0.25) is 17.7 Å². The third-order valence-corrected chi connectivity index (χ3v) is 15.8. The molecule has 9 rings (SSSR count). The molecule has 3 amide bonds. The molecule has 6 aromatic rings. The van der Waals surface area contributed by atoms with E-state index < -0.39 is 18.1 Å². The number of halogens is 1. The van der Waals surface area contributed by atoms with Crippen LogP contribution in [0.2, 0.25) is 5.02 Å². The zero-order valence-electron chi connectivity index (χ0n) is 39.6. The third kappa shape index (κ3) is 10.4. The quantitative estimate of drug-likeness (QED) is 0.0882. The highest BCUT2D eigenvalue weighted by Crippen LogP contribution is 2.40. The second-order valence-electron chi connectivity index (χ2n) is 18.5. The van der Waals surface area contributed by atoms with E-state index in [0.717, 1.165) is 73.7 Å². The van der Waals surface area contributed by atoms with Gasteiger partial charge in [0.25, 0.3) is 5.88 Å². The van der Waals surface area contributed by atoms with Gasteiger partial charge < -0.3 is 29.9 Å². The van der Waals surface area contributed by atoms with Crippen molar-refractivity contribution in [3.8, 4) is 21.3 Å². The zero-order valence-corrected chi connectivity index (χ0v) is 42.0. The smallest absolute Gasteiger partial charge is 0.254 e. The summed E-state index contributed by atoms with van der Waals surface area (Å²) in [6.07, 6.45) is 0.838. The summed E-state index contributed by atoms with van der Waals surface area (Å²) >= 11 is 9.56. The van der Waals surface area contributed by atoms with Crippen LogP contribution in [0.1, 0.15) is 102 Å². The number of aliphatic hydroxyl groups is 1. The molecule has 2 aromatic carbocycles. The summed E-state index contributed by atoms with van der Waals surface area (Å²) in [7, 11) is 0. The lowest BCUT2D eigenvalue weighted by atomic mass is 9.91. The number of carbonyl (C=O) groups is 3. The summed E-state index contributed by atoms with van der Waals surface area (Å²) in [4.78, 5) is 56.8. The molecule has 5 atom stereocenters. The highest BCUT2D eigenvalue weighted by atomic mass is 35.5. The van der Waals surface area contributed by atoms with Crippen molar-refractivity contribution in [2.45, 2.75) is 104 Å². The molecule has 0 aliphatic carbocycles. The molecule has 0 unspecified atom stereocenters. The van der Waals surface area contributed by atoms with Crippen LogP contribution in [0, 0.1) is 33.6 Å². The van der Waals surface area contributed by atoms with Crippen LogP contribution >= 0.6 is 34.3 Å². The molecule has 0 saturated carbocycles. The number of fused-ring (bicyclic) bond motifs is 3. The Bertz CT molecular complexity index is 2850. The minimum absolute atomic E-state index is 0.0137. The minimum Gasteiger partial charge on any atom is -0.474 e. The second-order valence-corrected chi connectivity index (χ2v) is 21.0. The Kier molecular flexibility index (Phi) is 14.4. The first-order chi connectivity index (χ1) is 33.2. The largest absolute Gasteiger partial charge is 0.474 e. The number of nitrogens with one attached hydrogen (secondary N) is 2. The van der Waals surface area contributed by atoms with Gasteiger partial charge in [-0.25, -0.2) is 4.98 Å². The van der Waals surface area contributed by atoms with Crippen molar-refractivity contribution in [3.63, 3.8) is 0 Å². The van der Waals surface area contributed by atoms with Crippen LogP contribution in [0.5, 0.6) is 5.88 Å². The third-order valence-electron chi connectivity index (χ3n) is 13.3. The number of ether oxygens (including phenoxy) is 1. The highest BCUT2D eigenvalue weighted by molar-refractivity contribution is 7.15. The van der Waals surface area contributed by atoms with Crippen LogP contribution in [0.4, 0.5) is 0 Å². The van der Waals surface area contributed by atoms with Crippen molar-refractivity contribution in [2.75, 3.05) is 32.8 Å². The van der Waals surface area contributed by atoms with Crippen LogP contribution in [-0.2, 0) is 20.9 Å². The minimum atomic E-state index is -0.833. The van der Waals surface area contributed by atoms with Crippen molar-refractivity contribution >= 4 is 57.7 Å². The van der Waals surface area contributed by atoms with Gasteiger partial charge in [-0.1, -0.05) is 61.8 Å². The Morgan fingerprint density at radius 1 is 1.01 bits per heavy atom. The van der Waals surface area contributed by atoms with Gasteiger partial charge in [0, 0.05) is 78.7 Å². The lowest BCUT2D eigenvalue weighted by molar-refractivity contribution is -0.141. The van der Waals surface area contributed by atoms with E-state index >= 15 is 0 Å². The van der Waals surface area contributed by atoms with E-state index in [1.165, 1.54) is 9.78 Å². The number of aliphatic hydroxyl groups excluding tert-OH is 1. The molecule has 2 saturated heterocycles. The maximum absolute atomic E-state index is 14.2. The SMILES string of the molecule is Cc1ncsc1-c1ccc(CNC(=O)[C@@H]2C[C@@H](O)CN2C(=O)[C@H](c2cc(OCCN3CC[C@H](NC(=O)CC[C@@H]4N=C(c5ccc(Cl)cc5)c5c(sc(C)c5C)-n5c(C)nnc54)C3)no2)C(C)C)cc1. The van der Waals surface area contributed by atoms with Gasteiger partial charge in [-0.15, -0.1) is 32.9 Å². The molecule has 69 heavy (non-hydrogen) atoms. The van der Waals surface area contributed by atoms with Crippen molar-refractivity contribution in [2.24, 2.45) is 10.9 Å². The van der Waals surface area contributed by atoms with Crippen LogP contribution in [-0.4, -0.2) is 114 Å². The number of rotatable bonds is 16. The highest BCUT2D eigenvalue weighted by Gasteiger charge is 2.43. The summed E-state index contributed by atoms with van der Waals surface area (Å²) in [6.45, 7) is 14.7. The van der Waals surface area contributed by atoms with Crippen molar-refractivity contribution in [3.05, 3.63) is 115 Å². The predicted octanol–water partition coefficient (Wildman–Crippen LogP) is 7.29. The van der Waals surface area contributed by atoms with Gasteiger partial charge in [-0.3, -0.25) is 28.8 Å². The number of hydrogen-bond acceptors (Lipinski definition) is 14. The molecule has 3 aliphatic rings. The lowest BCUT2D eigenvalue weighted by Gasteiger charge is -2.28.